The minimum Gasteiger partial charge on any atom is -0.497 e. The van der Waals surface area contributed by atoms with Crippen molar-refractivity contribution in [2.24, 2.45) is 0 Å². The van der Waals surface area contributed by atoms with Gasteiger partial charge >= 0.3 is 6.18 Å². The summed E-state index contributed by atoms with van der Waals surface area (Å²) >= 11 is 13.9. The molecule has 1 aliphatic heterocycles. The van der Waals surface area contributed by atoms with Gasteiger partial charge in [-0.1, -0.05) is 60.1 Å². The van der Waals surface area contributed by atoms with Gasteiger partial charge in [-0.3, -0.25) is 0 Å². The minimum atomic E-state index is -5.01. The fraction of sp³-hybridized carbons (Fsp3) is 0.255. The predicted molar refractivity (Wildman–Crippen MR) is 278 cm³/mol. The SMILES string of the molecule is COc1ccc(CN(Cc2ccc(OC)cc2)c2cc(C)c(C(F)(F)F)c(-c3c(Cl)c4c5c(nc(Cl)nc5c3F)N([C@H](C)c3ccnnc3N(Cc3ccc(OC)cc3)Cc3ccc(OC)cc3)CCO4)n2)cc1. The van der Waals surface area contributed by atoms with E-state index in [2.05, 4.69) is 25.0 Å². The molecule has 1 atom stereocenters. The summed E-state index contributed by atoms with van der Waals surface area (Å²) in [7, 11) is 6.32. The van der Waals surface area contributed by atoms with Crippen LogP contribution in [0.5, 0.6) is 28.7 Å². The van der Waals surface area contributed by atoms with Gasteiger partial charge in [0.1, 0.15) is 46.8 Å². The summed E-state index contributed by atoms with van der Waals surface area (Å²) < 4.78 is 92.2. The topological polar surface area (TPSA) is 120 Å². The first-order valence-corrected chi connectivity index (χ1v) is 24.1. The molecule has 0 bridgehead atoms. The van der Waals surface area contributed by atoms with Gasteiger partial charge < -0.3 is 38.4 Å². The predicted octanol–water partition coefficient (Wildman–Crippen LogP) is 12.7. The molecule has 5 aromatic carbocycles. The van der Waals surface area contributed by atoms with Crippen LogP contribution in [0.15, 0.2) is 115 Å². The quantitative estimate of drug-likeness (QED) is 0.0636. The first kappa shape index (κ1) is 51.3. The molecule has 0 radical (unpaired) electrons. The largest absolute Gasteiger partial charge is 0.497 e. The van der Waals surface area contributed by atoms with Crippen molar-refractivity contribution in [3.05, 3.63) is 170 Å². The van der Waals surface area contributed by atoms with E-state index in [0.29, 0.717) is 41.9 Å². The molecule has 0 N–H and O–H groups in total. The van der Waals surface area contributed by atoms with E-state index in [1.54, 1.807) is 63.8 Å². The average molecular weight is 1050 g/mol. The Morgan fingerprint density at radius 3 is 1.65 bits per heavy atom. The van der Waals surface area contributed by atoms with Crippen LogP contribution in [0.25, 0.3) is 22.2 Å². The van der Waals surface area contributed by atoms with Gasteiger partial charge in [-0.15, -0.1) is 5.10 Å². The van der Waals surface area contributed by atoms with Crippen LogP contribution in [0, 0.1) is 12.7 Å². The van der Waals surface area contributed by atoms with Crippen LogP contribution in [-0.2, 0) is 32.4 Å². The highest BCUT2D eigenvalue weighted by Crippen LogP contribution is 2.51. The van der Waals surface area contributed by atoms with Crippen molar-refractivity contribution in [1.29, 1.82) is 0 Å². The zero-order chi connectivity index (χ0) is 52.3. The van der Waals surface area contributed by atoms with E-state index in [1.807, 2.05) is 90.7 Å². The second-order valence-corrected chi connectivity index (χ2v) is 18.2. The zero-order valence-electron chi connectivity index (χ0n) is 41.2. The molecule has 0 amide bonds. The molecule has 0 saturated carbocycles. The number of benzene rings is 5. The summed E-state index contributed by atoms with van der Waals surface area (Å²) in [5.41, 5.74) is 1.05. The summed E-state index contributed by atoms with van der Waals surface area (Å²) in [6.07, 6.45) is -3.43. The molecule has 19 heteroatoms. The Kier molecular flexibility index (Phi) is 15.1. The summed E-state index contributed by atoms with van der Waals surface area (Å²) in [5, 5.41) is 8.22. The first-order chi connectivity index (χ1) is 35.7. The van der Waals surface area contributed by atoms with Crippen LogP contribution < -0.4 is 38.4 Å². The molecular formula is C55H50Cl2F4N8O5. The number of halogens is 6. The molecule has 9 rings (SSSR count). The lowest BCUT2D eigenvalue weighted by Crippen LogP contribution is -2.33. The lowest BCUT2D eigenvalue weighted by molar-refractivity contribution is -0.137. The molecule has 8 aromatic rings. The van der Waals surface area contributed by atoms with Crippen LogP contribution in [0.1, 0.15) is 51.9 Å². The van der Waals surface area contributed by atoms with Crippen LogP contribution in [0.3, 0.4) is 0 Å². The maximum atomic E-state index is 17.9. The van der Waals surface area contributed by atoms with E-state index in [-0.39, 0.29) is 59.9 Å². The monoisotopic (exact) mass is 1050 g/mol. The summed E-state index contributed by atoms with van der Waals surface area (Å²) in [4.78, 5) is 19.4. The molecule has 3 aromatic heterocycles. The molecule has 0 aliphatic carbocycles. The van der Waals surface area contributed by atoms with Crippen LogP contribution in [-0.4, -0.2) is 66.7 Å². The highest BCUT2D eigenvalue weighted by Gasteiger charge is 2.41. The number of methoxy groups -OCH3 is 4. The van der Waals surface area contributed by atoms with Crippen LogP contribution in [0.4, 0.5) is 35.0 Å². The fourth-order valence-electron chi connectivity index (χ4n) is 9.17. The summed E-state index contributed by atoms with van der Waals surface area (Å²) in [5.74, 6) is 2.16. The number of aryl methyl sites for hydroxylation is 1. The Bertz CT molecular complexity index is 3180. The van der Waals surface area contributed by atoms with Gasteiger partial charge in [0.25, 0.3) is 0 Å². The summed E-state index contributed by atoms with van der Waals surface area (Å²) in [6.45, 7) is 4.57. The fourth-order valence-corrected chi connectivity index (χ4v) is 9.65. The second kappa shape index (κ2) is 21.8. The normalized spacial score (nSPS) is 12.7. The van der Waals surface area contributed by atoms with Gasteiger partial charge in [0.05, 0.1) is 74.5 Å². The Morgan fingerprint density at radius 1 is 0.689 bits per heavy atom. The maximum Gasteiger partial charge on any atom is 0.418 e. The Hall–Kier alpha value is -7.63. The van der Waals surface area contributed by atoms with Crippen molar-refractivity contribution in [3.8, 4) is 40.0 Å². The lowest BCUT2D eigenvalue weighted by Gasteiger charge is -2.33. The van der Waals surface area contributed by atoms with E-state index in [4.69, 9.17) is 52.0 Å². The van der Waals surface area contributed by atoms with Gasteiger partial charge in [0, 0.05) is 31.7 Å². The number of aromatic nitrogens is 5. The van der Waals surface area contributed by atoms with Crippen molar-refractivity contribution in [3.63, 3.8) is 0 Å². The van der Waals surface area contributed by atoms with Crippen molar-refractivity contribution < 1.29 is 41.2 Å². The van der Waals surface area contributed by atoms with Gasteiger partial charge in [0.15, 0.2) is 17.4 Å². The number of nitrogens with zero attached hydrogens (tertiary/aromatic N) is 8. The smallest absolute Gasteiger partial charge is 0.418 e. The average Bonchev–Trinajstić information content (AvgIpc) is 3.61. The third-order valence-electron chi connectivity index (χ3n) is 12.9. The third-order valence-corrected chi connectivity index (χ3v) is 13.4. The molecule has 4 heterocycles. The standard InChI is InChI=1S/C55H50Cl2F4N8O5/c1-32-27-43(67(28-34-7-15-38(70-3)16-8-34)29-35-9-17-39(71-4)18-10-35)63-49(46(32)55(59,60)61)44-47(56)51-45-50(48(44)58)64-54(57)65-53(45)69(25-26-74-51)33(2)42-23-24-62-66-52(42)68(30-36-11-19-40(72-5)20-12-36)31-37-13-21-41(73-6)22-14-37/h7-24,27,33H,25-26,28-31H2,1-6H3/t33-/m1/s1. The summed E-state index contributed by atoms with van der Waals surface area (Å²) in [6, 6.07) is 32.6. The van der Waals surface area contributed by atoms with E-state index in [9.17, 15) is 0 Å². The number of anilines is 3. The van der Waals surface area contributed by atoms with Gasteiger partial charge in [0.2, 0.25) is 5.28 Å². The van der Waals surface area contributed by atoms with E-state index >= 15 is 17.6 Å². The van der Waals surface area contributed by atoms with Crippen LogP contribution >= 0.6 is 23.2 Å². The van der Waals surface area contributed by atoms with Gasteiger partial charge in [-0.2, -0.15) is 23.3 Å². The van der Waals surface area contributed by atoms with E-state index in [0.717, 1.165) is 27.8 Å². The van der Waals surface area contributed by atoms with Crippen molar-refractivity contribution in [2.45, 2.75) is 52.2 Å². The minimum absolute atomic E-state index is 0.0176. The molecule has 0 unspecified atom stereocenters. The number of alkyl halides is 3. The number of hydrogen-bond donors (Lipinski definition) is 0. The Morgan fingerprint density at radius 2 is 1.18 bits per heavy atom. The number of hydrogen-bond acceptors (Lipinski definition) is 13. The maximum absolute atomic E-state index is 17.9. The molecule has 0 fully saturated rings. The van der Waals surface area contributed by atoms with Crippen molar-refractivity contribution >= 4 is 51.6 Å². The number of rotatable bonds is 17. The third kappa shape index (κ3) is 10.7. The molecule has 0 spiro atoms. The highest BCUT2D eigenvalue weighted by molar-refractivity contribution is 6.37. The number of ether oxygens (including phenoxy) is 5. The second-order valence-electron chi connectivity index (χ2n) is 17.5. The first-order valence-electron chi connectivity index (χ1n) is 23.4. The molecule has 13 nitrogen and oxygen atoms in total. The highest BCUT2D eigenvalue weighted by atomic mass is 35.5. The molecule has 0 saturated heterocycles. The Balaban J connectivity index is 1.16. The van der Waals surface area contributed by atoms with Gasteiger partial charge in [-0.25, -0.2) is 14.4 Å². The van der Waals surface area contributed by atoms with Crippen LogP contribution in [0.2, 0.25) is 10.3 Å². The van der Waals surface area contributed by atoms with E-state index < -0.39 is 45.4 Å². The molecule has 74 heavy (non-hydrogen) atoms. The lowest BCUT2D eigenvalue weighted by atomic mass is 9.98. The van der Waals surface area contributed by atoms with Gasteiger partial charge in [-0.05, 0) is 114 Å². The zero-order valence-corrected chi connectivity index (χ0v) is 42.7. The Labute approximate surface area is 435 Å². The number of pyridine rings is 1. The molecule has 382 valence electrons. The molecule has 1 aliphatic rings. The van der Waals surface area contributed by atoms with Crippen molar-refractivity contribution in [2.75, 3.05) is 56.3 Å². The molecular weight excluding hydrogens is 1000 g/mol. The van der Waals surface area contributed by atoms with E-state index in [1.165, 1.54) is 13.0 Å². The van der Waals surface area contributed by atoms with Crippen molar-refractivity contribution in [1.82, 2.24) is 25.1 Å².